The highest BCUT2D eigenvalue weighted by molar-refractivity contribution is 5.75. The molecule has 1 aromatic carbocycles. The van der Waals surface area contributed by atoms with Crippen molar-refractivity contribution < 1.29 is 27.4 Å². The summed E-state index contributed by atoms with van der Waals surface area (Å²) >= 11 is 0. The van der Waals surface area contributed by atoms with Crippen LogP contribution in [0.1, 0.15) is 31.9 Å². The summed E-state index contributed by atoms with van der Waals surface area (Å²) in [6.45, 7) is 7.37. The van der Waals surface area contributed by atoms with Gasteiger partial charge in [0.2, 0.25) is 5.95 Å². The molecule has 13 heteroatoms. The molecule has 3 aromatic rings. The van der Waals surface area contributed by atoms with E-state index in [0.29, 0.717) is 37.6 Å². The Morgan fingerprint density at radius 3 is 2.64 bits per heavy atom. The largest absolute Gasteiger partial charge is 0.416 e. The van der Waals surface area contributed by atoms with Crippen molar-refractivity contribution in [2.75, 3.05) is 32.1 Å². The van der Waals surface area contributed by atoms with E-state index in [0.717, 1.165) is 6.07 Å². The Balaban J connectivity index is 1.43. The second-order valence-corrected chi connectivity index (χ2v) is 10.2. The van der Waals surface area contributed by atoms with Crippen molar-refractivity contribution in [3.05, 3.63) is 54.0 Å². The number of likely N-dealkylation sites (tertiary alicyclic amines) is 1. The highest BCUT2D eigenvalue weighted by atomic mass is 19.4. The van der Waals surface area contributed by atoms with E-state index in [4.69, 9.17) is 9.47 Å². The molecule has 2 amide bonds. The molecule has 0 saturated carbocycles. The monoisotopic (exact) mass is 547 g/mol. The van der Waals surface area contributed by atoms with Crippen LogP contribution in [0.15, 0.2) is 42.9 Å². The number of nitrogens with one attached hydrogen (secondary N) is 2. The van der Waals surface area contributed by atoms with Gasteiger partial charge in [0.15, 0.2) is 0 Å². The number of benzene rings is 1. The van der Waals surface area contributed by atoms with Crippen LogP contribution < -0.4 is 10.6 Å². The van der Waals surface area contributed by atoms with Crippen molar-refractivity contribution >= 4 is 17.7 Å². The van der Waals surface area contributed by atoms with Crippen LogP contribution >= 0.6 is 0 Å². The maximum absolute atomic E-state index is 14.0. The predicted octanol–water partition coefficient (Wildman–Crippen LogP) is 4.46. The van der Waals surface area contributed by atoms with Gasteiger partial charge >= 0.3 is 12.2 Å². The number of halogens is 3. The fourth-order valence-corrected chi connectivity index (χ4v) is 4.06. The van der Waals surface area contributed by atoms with Gasteiger partial charge in [-0.15, -0.1) is 0 Å². The van der Waals surface area contributed by atoms with Crippen LogP contribution in [0.2, 0.25) is 0 Å². The fourth-order valence-electron chi connectivity index (χ4n) is 4.06. The summed E-state index contributed by atoms with van der Waals surface area (Å²) < 4.78 is 54.4. The van der Waals surface area contributed by atoms with Crippen LogP contribution in [0.4, 0.5) is 29.6 Å². The van der Waals surface area contributed by atoms with Crippen LogP contribution in [0, 0.1) is 0 Å². The molecule has 210 valence electrons. The number of aromatic nitrogens is 4. The molecule has 39 heavy (non-hydrogen) atoms. The van der Waals surface area contributed by atoms with Gasteiger partial charge in [0.1, 0.15) is 0 Å². The highest BCUT2D eigenvalue weighted by Crippen LogP contribution is 2.35. The number of hydrogen-bond acceptors (Lipinski definition) is 7. The average molecular weight is 548 g/mol. The van der Waals surface area contributed by atoms with E-state index in [1.54, 1.807) is 30.3 Å². The Kier molecular flexibility index (Phi) is 8.40. The molecular weight excluding hydrogens is 515 g/mol. The number of nitrogens with zero attached hydrogens (tertiary/aromatic N) is 5. The molecule has 10 nitrogen and oxygen atoms in total. The first kappa shape index (κ1) is 28.3. The number of methoxy groups -OCH3 is 1. The Morgan fingerprint density at radius 2 is 1.95 bits per heavy atom. The van der Waals surface area contributed by atoms with Crippen molar-refractivity contribution in [3.8, 4) is 11.3 Å². The van der Waals surface area contributed by atoms with Gasteiger partial charge in [0.25, 0.3) is 0 Å². The number of urea groups is 1. The standard InChI is InChI=1S/C26H32F3N7O3/c1-25(2,3)39-20-15-35(16-20)24(37)31-12-18-6-5-17(11-21(18)26(27,28)29)22-7-8-30-23(34-22)33-19-13-32-36(14-19)9-10-38-4/h5-8,11,13-14,20H,9-10,12,15-16H2,1-4H3,(H,31,37)(H,30,33,34). The summed E-state index contributed by atoms with van der Waals surface area (Å²) in [6, 6.07) is 5.03. The Labute approximate surface area is 224 Å². The lowest BCUT2D eigenvalue weighted by Crippen LogP contribution is -2.59. The number of hydrogen-bond donors (Lipinski definition) is 2. The number of anilines is 2. The molecule has 1 aliphatic heterocycles. The molecule has 0 unspecified atom stereocenters. The average Bonchev–Trinajstić information content (AvgIpc) is 3.29. The lowest BCUT2D eigenvalue weighted by molar-refractivity contribution is -0.138. The first-order valence-corrected chi connectivity index (χ1v) is 12.4. The van der Waals surface area contributed by atoms with Crippen molar-refractivity contribution in [1.82, 2.24) is 30.0 Å². The molecule has 2 aromatic heterocycles. The minimum Gasteiger partial charge on any atom is -0.383 e. The topological polar surface area (TPSA) is 106 Å². The van der Waals surface area contributed by atoms with E-state index < -0.39 is 17.8 Å². The number of alkyl halides is 3. The smallest absolute Gasteiger partial charge is 0.383 e. The Morgan fingerprint density at radius 1 is 1.18 bits per heavy atom. The number of carbonyl (C=O) groups excluding carboxylic acids is 1. The van der Waals surface area contributed by atoms with Crippen LogP contribution in [-0.4, -0.2) is 69.2 Å². The molecule has 0 radical (unpaired) electrons. The highest BCUT2D eigenvalue weighted by Gasteiger charge is 2.36. The van der Waals surface area contributed by atoms with Gasteiger partial charge in [0, 0.05) is 31.6 Å². The van der Waals surface area contributed by atoms with E-state index in [9.17, 15) is 18.0 Å². The third kappa shape index (κ3) is 7.67. The molecule has 0 spiro atoms. The molecular formula is C26H32F3N7O3. The van der Waals surface area contributed by atoms with Gasteiger partial charge in [-0.05, 0) is 38.5 Å². The SMILES string of the molecule is COCCn1cc(Nc2nccc(-c3ccc(CNC(=O)N4CC(OC(C)(C)C)C4)c(C(F)(F)F)c3)n2)cn1. The van der Waals surface area contributed by atoms with Crippen molar-refractivity contribution in [1.29, 1.82) is 0 Å². The first-order chi connectivity index (χ1) is 18.4. The van der Waals surface area contributed by atoms with Gasteiger partial charge in [-0.2, -0.15) is 18.3 Å². The zero-order valence-corrected chi connectivity index (χ0v) is 22.2. The fraction of sp³-hybridized carbons (Fsp3) is 0.462. The predicted molar refractivity (Wildman–Crippen MR) is 138 cm³/mol. The van der Waals surface area contributed by atoms with E-state index in [1.807, 2.05) is 20.8 Å². The molecule has 3 heterocycles. The maximum Gasteiger partial charge on any atom is 0.416 e. The summed E-state index contributed by atoms with van der Waals surface area (Å²) in [7, 11) is 1.60. The van der Waals surface area contributed by atoms with E-state index >= 15 is 0 Å². The summed E-state index contributed by atoms with van der Waals surface area (Å²) in [5, 5.41) is 9.79. The van der Waals surface area contributed by atoms with Crippen molar-refractivity contribution in [2.24, 2.45) is 0 Å². The van der Waals surface area contributed by atoms with Gasteiger partial charge in [-0.25, -0.2) is 14.8 Å². The quantitative estimate of drug-likeness (QED) is 0.408. The Bertz CT molecular complexity index is 1280. The third-order valence-electron chi connectivity index (χ3n) is 5.87. The van der Waals surface area contributed by atoms with Gasteiger partial charge in [0.05, 0.1) is 61.1 Å². The number of ether oxygens (including phenoxy) is 2. The molecule has 0 aliphatic carbocycles. The zero-order valence-electron chi connectivity index (χ0n) is 22.2. The van der Waals surface area contributed by atoms with E-state index in [-0.39, 0.29) is 35.3 Å². The van der Waals surface area contributed by atoms with E-state index in [1.165, 1.54) is 23.2 Å². The second kappa shape index (κ2) is 11.6. The molecule has 2 N–H and O–H groups in total. The van der Waals surface area contributed by atoms with Crippen LogP contribution in [0.3, 0.4) is 0 Å². The normalized spacial score (nSPS) is 14.3. The molecule has 0 bridgehead atoms. The number of carbonyl (C=O) groups is 1. The van der Waals surface area contributed by atoms with Gasteiger partial charge in [-0.3, -0.25) is 4.68 Å². The van der Waals surface area contributed by atoms with Gasteiger partial charge < -0.3 is 25.0 Å². The minimum atomic E-state index is -4.62. The zero-order chi connectivity index (χ0) is 28.2. The summed E-state index contributed by atoms with van der Waals surface area (Å²) in [4.78, 5) is 22.5. The van der Waals surface area contributed by atoms with Crippen molar-refractivity contribution in [2.45, 2.75) is 51.7 Å². The lowest BCUT2D eigenvalue weighted by Gasteiger charge is -2.41. The van der Waals surface area contributed by atoms with Crippen LogP contribution in [0.5, 0.6) is 0 Å². The maximum atomic E-state index is 14.0. The summed E-state index contributed by atoms with van der Waals surface area (Å²) in [6.07, 6.45) is 0.0979. The third-order valence-corrected chi connectivity index (χ3v) is 5.87. The second-order valence-electron chi connectivity index (χ2n) is 10.2. The molecule has 4 rings (SSSR count). The molecule has 1 saturated heterocycles. The molecule has 0 atom stereocenters. The van der Waals surface area contributed by atoms with Crippen LogP contribution in [-0.2, 0) is 28.7 Å². The summed E-state index contributed by atoms with van der Waals surface area (Å²) in [5.74, 6) is 0.215. The van der Waals surface area contributed by atoms with Crippen LogP contribution in [0.25, 0.3) is 11.3 Å². The summed E-state index contributed by atoms with van der Waals surface area (Å²) in [5.41, 5.74) is -0.00758. The lowest BCUT2D eigenvalue weighted by atomic mass is 10.0. The molecule has 1 aliphatic rings. The minimum absolute atomic E-state index is 0.0431. The van der Waals surface area contributed by atoms with Crippen molar-refractivity contribution in [3.63, 3.8) is 0 Å². The van der Waals surface area contributed by atoms with E-state index in [2.05, 4.69) is 25.7 Å². The first-order valence-electron chi connectivity index (χ1n) is 12.4. The number of amides is 2. The number of rotatable bonds is 9. The Hall–Kier alpha value is -3.71. The molecule has 1 fully saturated rings. The van der Waals surface area contributed by atoms with Gasteiger partial charge in [-0.1, -0.05) is 12.1 Å².